The van der Waals surface area contributed by atoms with E-state index in [1.165, 1.54) is 30.9 Å². The Hall–Kier alpha value is -6.32. The van der Waals surface area contributed by atoms with Gasteiger partial charge in [-0.2, -0.15) is 4.98 Å². The number of amides is 3. The summed E-state index contributed by atoms with van der Waals surface area (Å²) in [5.74, 6) is 1.43. The van der Waals surface area contributed by atoms with E-state index in [9.17, 15) is 24.0 Å². The van der Waals surface area contributed by atoms with Crippen molar-refractivity contribution in [1.29, 1.82) is 0 Å². The Bertz CT molecular complexity index is 2720. The van der Waals surface area contributed by atoms with E-state index >= 15 is 0 Å². The number of Topliss-reactive ketones (excluding diaryl/α,β-unsaturated/α-hetero) is 1. The molecule has 2 saturated carbocycles. The summed E-state index contributed by atoms with van der Waals surface area (Å²) in [5, 5.41) is 6.32. The molecular weight excluding hydrogens is 869 g/mol. The van der Waals surface area contributed by atoms with Crippen molar-refractivity contribution in [2.75, 3.05) is 56.0 Å². The topological polar surface area (TPSA) is 166 Å². The van der Waals surface area contributed by atoms with Gasteiger partial charge >= 0.3 is 0 Å². The van der Waals surface area contributed by atoms with Gasteiger partial charge in [-0.1, -0.05) is 63.3 Å². The van der Waals surface area contributed by atoms with E-state index in [1.807, 2.05) is 37.4 Å². The predicted molar refractivity (Wildman–Crippen MR) is 269 cm³/mol. The normalized spacial score (nSPS) is 22.7. The molecule has 3 saturated heterocycles. The number of benzene rings is 1. The lowest BCUT2D eigenvalue weighted by molar-refractivity contribution is -0.136. The molecular formula is C54H66N10O5. The Balaban J connectivity index is 0.000000176. The van der Waals surface area contributed by atoms with E-state index in [2.05, 4.69) is 73.6 Å². The number of piperidine rings is 2. The number of aryl methyl sites for hydroxylation is 1. The van der Waals surface area contributed by atoms with Gasteiger partial charge in [0.25, 0.3) is 11.5 Å². The zero-order valence-corrected chi connectivity index (χ0v) is 40.4. The molecule has 7 heterocycles. The van der Waals surface area contributed by atoms with Crippen LogP contribution < -0.4 is 21.1 Å². The SMILES string of the molecule is C=C/C=C(\C=C)CN1CCC(c2ccc3c(c2)CN(C2CCC(=O)NC2=O)C3=O)CC1.CC(=O)c1c(C)c2cnc(Nc3ccc(N4CCN(C5CC(C)C5)CC4)cn3)nc2n(C2CCCC2)c1=O. The summed E-state index contributed by atoms with van der Waals surface area (Å²) < 4.78 is 1.74. The quantitative estimate of drug-likeness (QED) is 0.0823. The first kappa shape index (κ1) is 47.7. The number of carbonyl (C=O) groups is 4. The number of piperazine rings is 1. The highest BCUT2D eigenvalue weighted by Crippen LogP contribution is 2.36. The molecule has 4 aromatic rings. The third kappa shape index (κ3) is 10.2. The molecule has 362 valence electrons. The van der Waals surface area contributed by atoms with Crippen LogP contribution in [0.3, 0.4) is 0 Å². The van der Waals surface area contributed by atoms with Gasteiger partial charge in [-0.3, -0.25) is 43.7 Å². The van der Waals surface area contributed by atoms with Gasteiger partial charge in [0.1, 0.15) is 17.5 Å². The average Bonchev–Trinajstić information content (AvgIpc) is 3.99. The Morgan fingerprint density at radius 2 is 1.65 bits per heavy atom. The number of imide groups is 1. The highest BCUT2D eigenvalue weighted by atomic mass is 16.2. The molecule has 2 aliphatic carbocycles. The second kappa shape index (κ2) is 20.7. The standard InChI is InChI=1S/C29H37N7O2.C25H29N3O3/c1-18-14-23(15-18)35-12-10-34(11-13-35)22-8-9-25(30-16-22)32-29-31-17-24-19(2)26(20(3)37)28(38)36(27(24)33-29)21-6-4-5-7-21;1-3-5-17(4-2)15-27-12-10-18(11-13-27)19-6-7-21-20(14-19)16-28(25(21)31)22-8-9-23(29)26-24(22)30/h8-9,16-18,21,23H,4-7,10-15H2,1-3H3,(H,30,31,32,33);3-7,14,18,22H,1-2,8-13,15-16H2,(H,26,29,30)/b;17-5+. The molecule has 3 aromatic heterocycles. The summed E-state index contributed by atoms with van der Waals surface area (Å²) in [6.45, 7) is 20.9. The van der Waals surface area contributed by atoms with Crippen LogP contribution in [-0.4, -0.2) is 116 Å². The Labute approximate surface area is 404 Å². The number of ketones is 1. The monoisotopic (exact) mass is 935 g/mol. The lowest BCUT2D eigenvalue weighted by atomic mass is 9.80. The van der Waals surface area contributed by atoms with Crippen LogP contribution in [-0.2, 0) is 16.1 Å². The number of anilines is 3. The molecule has 1 aromatic carbocycles. The minimum atomic E-state index is -0.563. The maximum atomic E-state index is 13.4. The zero-order valence-electron chi connectivity index (χ0n) is 40.4. The van der Waals surface area contributed by atoms with Gasteiger partial charge in [0.05, 0.1) is 17.4 Å². The highest BCUT2D eigenvalue weighted by Gasteiger charge is 2.39. The van der Waals surface area contributed by atoms with Gasteiger partial charge in [0, 0.05) is 74.9 Å². The van der Waals surface area contributed by atoms with E-state index < -0.39 is 6.04 Å². The molecule has 2 N–H and O–H groups in total. The van der Waals surface area contributed by atoms with Crippen molar-refractivity contribution in [3.8, 4) is 0 Å². The maximum Gasteiger partial charge on any atom is 0.263 e. The molecule has 15 nitrogen and oxygen atoms in total. The van der Waals surface area contributed by atoms with Crippen molar-refractivity contribution in [1.82, 2.24) is 39.5 Å². The summed E-state index contributed by atoms with van der Waals surface area (Å²) in [6.07, 6.45) is 18.8. The van der Waals surface area contributed by atoms with E-state index in [0.29, 0.717) is 47.4 Å². The van der Waals surface area contributed by atoms with Gasteiger partial charge < -0.3 is 15.1 Å². The van der Waals surface area contributed by atoms with Crippen LogP contribution in [0.5, 0.6) is 0 Å². The molecule has 10 rings (SSSR count). The number of hydrogen-bond donors (Lipinski definition) is 2. The molecule has 6 aliphatic rings. The number of carbonyl (C=O) groups excluding carboxylic acids is 4. The number of nitrogens with one attached hydrogen (secondary N) is 2. The van der Waals surface area contributed by atoms with Crippen molar-refractivity contribution in [2.24, 2.45) is 5.92 Å². The van der Waals surface area contributed by atoms with Crippen LogP contribution in [0.4, 0.5) is 17.5 Å². The number of pyridine rings is 2. The van der Waals surface area contributed by atoms with E-state index in [4.69, 9.17) is 4.98 Å². The first-order valence-electron chi connectivity index (χ1n) is 25.0. The van der Waals surface area contributed by atoms with Gasteiger partial charge in [0.2, 0.25) is 17.8 Å². The first-order chi connectivity index (χ1) is 33.4. The molecule has 4 aliphatic heterocycles. The fourth-order valence-corrected chi connectivity index (χ4v) is 11.4. The summed E-state index contributed by atoms with van der Waals surface area (Å²) >= 11 is 0. The number of aromatic nitrogens is 4. The molecule has 3 amide bonds. The minimum Gasteiger partial charge on any atom is -0.368 e. The van der Waals surface area contributed by atoms with Crippen molar-refractivity contribution >= 4 is 52.0 Å². The molecule has 0 spiro atoms. The molecule has 0 radical (unpaired) electrons. The lowest BCUT2D eigenvalue weighted by Crippen LogP contribution is -2.53. The zero-order chi connectivity index (χ0) is 48.3. The third-order valence-electron chi connectivity index (χ3n) is 15.4. The average molecular weight is 935 g/mol. The summed E-state index contributed by atoms with van der Waals surface area (Å²) in [6, 6.07) is 10.4. The molecule has 0 bridgehead atoms. The first-order valence-corrected chi connectivity index (χ1v) is 25.0. The van der Waals surface area contributed by atoms with Crippen molar-refractivity contribution in [3.05, 3.63) is 118 Å². The Morgan fingerprint density at radius 1 is 0.899 bits per heavy atom. The van der Waals surface area contributed by atoms with Crippen LogP contribution in [0.25, 0.3) is 11.0 Å². The number of nitrogens with zero attached hydrogens (tertiary/aromatic N) is 8. The van der Waals surface area contributed by atoms with Crippen LogP contribution in [0.1, 0.15) is 127 Å². The van der Waals surface area contributed by atoms with Crippen molar-refractivity contribution in [3.63, 3.8) is 0 Å². The lowest BCUT2D eigenvalue weighted by Gasteiger charge is -2.46. The smallest absolute Gasteiger partial charge is 0.263 e. The summed E-state index contributed by atoms with van der Waals surface area (Å²) in [5.41, 5.74) is 6.46. The fourth-order valence-electron chi connectivity index (χ4n) is 11.4. The largest absolute Gasteiger partial charge is 0.368 e. The Morgan fingerprint density at radius 3 is 2.30 bits per heavy atom. The van der Waals surface area contributed by atoms with E-state index in [0.717, 1.165) is 113 Å². The van der Waals surface area contributed by atoms with Gasteiger partial charge in [0.15, 0.2) is 5.78 Å². The molecule has 5 fully saturated rings. The van der Waals surface area contributed by atoms with E-state index in [1.54, 1.807) is 21.7 Å². The third-order valence-corrected chi connectivity index (χ3v) is 15.4. The Kier molecular flexibility index (Phi) is 14.3. The molecule has 1 unspecified atom stereocenters. The second-order valence-electron chi connectivity index (χ2n) is 19.9. The molecule has 15 heteroatoms. The summed E-state index contributed by atoms with van der Waals surface area (Å²) in [7, 11) is 0. The number of allylic oxidation sites excluding steroid dienone is 2. The second-order valence-corrected chi connectivity index (χ2v) is 19.9. The van der Waals surface area contributed by atoms with Crippen LogP contribution >= 0.6 is 0 Å². The number of likely N-dealkylation sites (tertiary alicyclic amines) is 1. The number of hydrogen-bond acceptors (Lipinski definition) is 12. The molecule has 69 heavy (non-hydrogen) atoms. The van der Waals surface area contributed by atoms with Crippen molar-refractivity contribution in [2.45, 2.75) is 116 Å². The predicted octanol–water partition coefficient (Wildman–Crippen LogP) is 7.40. The summed E-state index contributed by atoms with van der Waals surface area (Å²) in [4.78, 5) is 85.3. The van der Waals surface area contributed by atoms with Gasteiger partial charge in [-0.15, -0.1) is 0 Å². The fraction of sp³-hybridized carbons (Fsp3) is 0.481. The van der Waals surface area contributed by atoms with Crippen LogP contribution in [0.15, 0.2) is 84.5 Å². The number of rotatable bonds is 12. The number of fused-ring (bicyclic) bond motifs is 2. The van der Waals surface area contributed by atoms with Crippen LogP contribution in [0.2, 0.25) is 0 Å². The highest BCUT2D eigenvalue weighted by molar-refractivity contribution is 6.05. The van der Waals surface area contributed by atoms with Gasteiger partial charge in [-0.25, -0.2) is 9.97 Å². The molecule has 1 atom stereocenters. The maximum absolute atomic E-state index is 13.4. The van der Waals surface area contributed by atoms with Crippen LogP contribution in [0, 0.1) is 12.8 Å². The van der Waals surface area contributed by atoms with Gasteiger partial charge in [-0.05, 0) is 124 Å². The minimum absolute atomic E-state index is 0.0528. The van der Waals surface area contributed by atoms with Crippen molar-refractivity contribution < 1.29 is 19.2 Å². The van der Waals surface area contributed by atoms with E-state index in [-0.39, 0.29) is 47.1 Å².